The molecule has 0 radical (unpaired) electrons. The first-order valence-corrected chi connectivity index (χ1v) is 7.42. The van der Waals surface area contributed by atoms with Crippen LogP contribution in [0.5, 0.6) is 0 Å². The number of pyridine rings is 1. The van der Waals surface area contributed by atoms with Crippen molar-refractivity contribution >= 4 is 33.1 Å². The van der Waals surface area contributed by atoms with E-state index in [2.05, 4.69) is 10.3 Å². The highest BCUT2D eigenvalue weighted by Crippen LogP contribution is 2.22. The fourth-order valence-corrected chi connectivity index (χ4v) is 2.38. The van der Waals surface area contributed by atoms with Gasteiger partial charge in [0.05, 0.1) is 5.52 Å². The monoisotopic (exact) mass is 263 g/mol. The van der Waals surface area contributed by atoms with Crippen LogP contribution in [0, 0.1) is 0 Å². The summed E-state index contributed by atoms with van der Waals surface area (Å²) in [6, 6.07) is 7.59. The minimum Gasteiger partial charge on any atom is -0.399 e. The molecule has 0 aliphatic carbocycles. The highest BCUT2D eigenvalue weighted by atomic mass is 32.2. The lowest BCUT2D eigenvalue weighted by Crippen LogP contribution is -2.12. The number of hydrogen-bond donors (Lipinski definition) is 2. The zero-order valence-corrected chi connectivity index (χ0v) is 11.2. The van der Waals surface area contributed by atoms with Gasteiger partial charge in [-0.3, -0.25) is 9.19 Å². The van der Waals surface area contributed by atoms with Crippen molar-refractivity contribution in [1.82, 2.24) is 4.98 Å². The van der Waals surface area contributed by atoms with Crippen molar-refractivity contribution in [2.45, 2.75) is 6.92 Å². The zero-order chi connectivity index (χ0) is 13.0. The first-order chi connectivity index (χ1) is 8.70. The van der Waals surface area contributed by atoms with Crippen LogP contribution < -0.4 is 11.1 Å². The second-order valence-electron chi connectivity index (χ2n) is 3.99. The third-order valence-electron chi connectivity index (χ3n) is 2.73. The van der Waals surface area contributed by atoms with Gasteiger partial charge in [-0.05, 0) is 24.3 Å². The first kappa shape index (κ1) is 12.8. The Bertz CT molecular complexity index is 571. The van der Waals surface area contributed by atoms with E-state index in [1.165, 1.54) is 0 Å². The van der Waals surface area contributed by atoms with Crippen molar-refractivity contribution in [3.8, 4) is 0 Å². The fraction of sp³-hybridized carbons (Fsp3) is 0.308. The number of hydrogen-bond acceptors (Lipinski definition) is 4. The second kappa shape index (κ2) is 5.82. The highest BCUT2D eigenvalue weighted by Gasteiger charge is 2.02. The molecule has 0 amide bonds. The van der Waals surface area contributed by atoms with Gasteiger partial charge in [-0.1, -0.05) is 6.92 Å². The Morgan fingerprint density at radius 2 is 2.22 bits per heavy atom. The number of rotatable bonds is 5. The molecule has 4 nitrogen and oxygen atoms in total. The van der Waals surface area contributed by atoms with Crippen molar-refractivity contribution in [1.29, 1.82) is 0 Å². The van der Waals surface area contributed by atoms with E-state index in [-0.39, 0.29) is 0 Å². The third kappa shape index (κ3) is 2.98. The predicted octanol–water partition coefficient (Wildman–Crippen LogP) is 2.00. The van der Waals surface area contributed by atoms with Gasteiger partial charge in [0.15, 0.2) is 0 Å². The minimum absolute atomic E-state index is 0.662. The maximum atomic E-state index is 11.4. The maximum absolute atomic E-state index is 11.4. The molecular weight excluding hydrogens is 246 g/mol. The molecule has 1 aromatic heterocycles. The predicted molar refractivity (Wildman–Crippen MR) is 78.2 cm³/mol. The summed E-state index contributed by atoms with van der Waals surface area (Å²) in [5.41, 5.74) is 8.32. The lowest BCUT2D eigenvalue weighted by Gasteiger charge is -2.09. The van der Waals surface area contributed by atoms with E-state index >= 15 is 0 Å². The lowest BCUT2D eigenvalue weighted by atomic mass is 10.1. The minimum atomic E-state index is -0.736. The molecule has 5 heteroatoms. The van der Waals surface area contributed by atoms with Crippen LogP contribution in [0.15, 0.2) is 30.5 Å². The average Bonchev–Trinajstić information content (AvgIpc) is 2.38. The molecular formula is C13H17N3OS. The molecule has 1 aromatic carbocycles. The standard InChI is InChI=1S/C13H17N3OS/c1-2-18(17)8-7-16-12-5-6-15-13-9-10(14)3-4-11(12)13/h3-6,9H,2,7-8,14H2,1H3,(H,15,16). The quantitative estimate of drug-likeness (QED) is 0.810. The van der Waals surface area contributed by atoms with E-state index in [4.69, 9.17) is 5.73 Å². The van der Waals surface area contributed by atoms with Crippen LogP contribution in [0.1, 0.15) is 6.92 Å². The van der Waals surface area contributed by atoms with Crippen molar-refractivity contribution < 1.29 is 4.21 Å². The number of benzene rings is 1. The molecule has 1 heterocycles. The SMILES string of the molecule is CCS(=O)CCNc1ccnc2cc(N)ccc12. The van der Waals surface area contributed by atoms with Crippen LogP contribution in [0.2, 0.25) is 0 Å². The van der Waals surface area contributed by atoms with Crippen LogP contribution in [0.4, 0.5) is 11.4 Å². The van der Waals surface area contributed by atoms with Gasteiger partial charge < -0.3 is 11.1 Å². The fourth-order valence-electron chi connectivity index (χ4n) is 1.76. The lowest BCUT2D eigenvalue weighted by molar-refractivity contribution is 0.684. The maximum Gasteiger partial charge on any atom is 0.0743 e. The molecule has 2 rings (SSSR count). The van der Waals surface area contributed by atoms with Crippen LogP contribution in [0.3, 0.4) is 0 Å². The van der Waals surface area contributed by atoms with Gasteiger partial charge in [0.2, 0.25) is 0 Å². The molecule has 1 atom stereocenters. The summed E-state index contributed by atoms with van der Waals surface area (Å²) in [5, 5.41) is 4.33. The van der Waals surface area contributed by atoms with E-state index in [9.17, 15) is 4.21 Å². The van der Waals surface area contributed by atoms with Gasteiger partial charge >= 0.3 is 0 Å². The molecule has 18 heavy (non-hydrogen) atoms. The Balaban J connectivity index is 2.15. The molecule has 0 fully saturated rings. The van der Waals surface area contributed by atoms with E-state index in [1.54, 1.807) is 6.20 Å². The molecule has 1 unspecified atom stereocenters. The normalized spacial score (nSPS) is 12.5. The Morgan fingerprint density at radius 3 is 3.00 bits per heavy atom. The molecule has 0 aliphatic heterocycles. The molecule has 0 saturated carbocycles. The van der Waals surface area contributed by atoms with Crippen LogP contribution in [-0.4, -0.2) is 27.2 Å². The Hall–Kier alpha value is -1.62. The van der Waals surface area contributed by atoms with Gasteiger partial charge in [-0.15, -0.1) is 0 Å². The summed E-state index contributed by atoms with van der Waals surface area (Å²) in [5.74, 6) is 1.37. The number of fused-ring (bicyclic) bond motifs is 1. The second-order valence-corrected chi connectivity index (χ2v) is 5.86. The van der Waals surface area contributed by atoms with Crippen molar-refractivity contribution in [3.63, 3.8) is 0 Å². The third-order valence-corrected chi connectivity index (χ3v) is 4.04. The molecule has 0 spiro atoms. The van der Waals surface area contributed by atoms with Gasteiger partial charge in [-0.25, -0.2) is 0 Å². The summed E-state index contributed by atoms with van der Waals surface area (Å²) in [6.45, 7) is 2.63. The highest BCUT2D eigenvalue weighted by molar-refractivity contribution is 7.84. The number of aromatic nitrogens is 1. The Kier molecular flexibility index (Phi) is 4.15. The van der Waals surface area contributed by atoms with Crippen LogP contribution in [-0.2, 0) is 10.8 Å². The van der Waals surface area contributed by atoms with Crippen molar-refractivity contribution in [2.24, 2.45) is 0 Å². The smallest absolute Gasteiger partial charge is 0.0743 e. The number of nitrogens with two attached hydrogens (primary N) is 1. The van der Waals surface area contributed by atoms with Crippen molar-refractivity contribution in [2.75, 3.05) is 29.1 Å². The van der Waals surface area contributed by atoms with E-state index < -0.39 is 10.8 Å². The topological polar surface area (TPSA) is 68.0 Å². The first-order valence-electron chi connectivity index (χ1n) is 5.94. The largest absolute Gasteiger partial charge is 0.399 e. The average molecular weight is 263 g/mol. The summed E-state index contributed by atoms with van der Waals surface area (Å²) in [7, 11) is -0.736. The Morgan fingerprint density at radius 1 is 1.39 bits per heavy atom. The summed E-state index contributed by atoms with van der Waals surface area (Å²) < 4.78 is 11.4. The molecule has 0 saturated heterocycles. The van der Waals surface area contributed by atoms with Crippen LogP contribution >= 0.6 is 0 Å². The van der Waals surface area contributed by atoms with E-state index in [0.29, 0.717) is 23.7 Å². The van der Waals surface area contributed by atoms with Crippen molar-refractivity contribution in [3.05, 3.63) is 30.5 Å². The molecule has 3 N–H and O–H groups in total. The molecule has 2 aromatic rings. The van der Waals surface area contributed by atoms with Gasteiger partial charge in [0.1, 0.15) is 0 Å². The Labute approximate surface area is 109 Å². The summed E-state index contributed by atoms with van der Waals surface area (Å²) >= 11 is 0. The zero-order valence-electron chi connectivity index (χ0n) is 10.3. The van der Waals surface area contributed by atoms with Gasteiger partial charge in [0.25, 0.3) is 0 Å². The van der Waals surface area contributed by atoms with Gasteiger partial charge in [0, 0.05) is 51.8 Å². The number of nitrogens with zero attached hydrogens (tertiary/aromatic N) is 1. The van der Waals surface area contributed by atoms with Gasteiger partial charge in [-0.2, -0.15) is 0 Å². The van der Waals surface area contributed by atoms with Crippen LogP contribution in [0.25, 0.3) is 10.9 Å². The number of anilines is 2. The molecule has 96 valence electrons. The van der Waals surface area contributed by atoms with E-state index in [1.807, 2.05) is 31.2 Å². The molecule has 0 aliphatic rings. The summed E-state index contributed by atoms with van der Waals surface area (Å²) in [4.78, 5) is 4.28. The number of nitrogen functional groups attached to an aromatic ring is 1. The summed E-state index contributed by atoms with van der Waals surface area (Å²) in [6.07, 6.45) is 1.75. The van der Waals surface area contributed by atoms with E-state index in [0.717, 1.165) is 16.6 Å². The molecule has 0 bridgehead atoms. The number of nitrogens with one attached hydrogen (secondary N) is 1.